The Kier molecular flexibility index (Phi) is 2.76. The van der Waals surface area contributed by atoms with Gasteiger partial charge in [0.25, 0.3) is 6.43 Å². The molecule has 0 aliphatic heterocycles. The summed E-state index contributed by atoms with van der Waals surface area (Å²) in [6, 6.07) is 4.56. The fourth-order valence-corrected chi connectivity index (χ4v) is 1.38. The first kappa shape index (κ1) is 10.5. The van der Waals surface area contributed by atoms with Crippen LogP contribution in [0, 0.1) is 0 Å². The molecule has 0 atom stereocenters. The van der Waals surface area contributed by atoms with Gasteiger partial charge in [-0.25, -0.2) is 8.78 Å². The van der Waals surface area contributed by atoms with Gasteiger partial charge in [-0.2, -0.15) is 0 Å². The van der Waals surface area contributed by atoms with Gasteiger partial charge in [0.15, 0.2) is 0 Å². The Labute approximate surface area is 91.0 Å². The molecule has 2 heterocycles. The number of halogens is 2. The van der Waals surface area contributed by atoms with Gasteiger partial charge in [-0.1, -0.05) is 0 Å². The second-order valence-corrected chi connectivity index (χ2v) is 3.23. The molecule has 0 fully saturated rings. The molecule has 0 radical (unpaired) electrons. The van der Waals surface area contributed by atoms with E-state index in [2.05, 4.69) is 9.97 Å². The van der Waals surface area contributed by atoms with E-state index in [0.29, 0.717) is 16.8 Å². The molecule has 82 valence electrons. The third kappa shape index (κ3) is 1.98. The smallest absolute Gasteiger partial charge is 0.280 e. The Hall–Kier alpha value is -2.04. The lowest BCUT2D eigenvalue weighted by atomic mass is 10.1. The van der Waals surface area contributed by atoms with Crippen molar-refractivity contribution in [3.8, 4) is 11.1 Å². The summed E-state index contributed by atoms with van der Waals surface area (Å²) >= 11 is 0. The van der Waals surface area contributed by atoms with E-state index in [1.807, 2.05) is 0 Å². The number of rotatable bonds is 2. The van der Waals surface area contributed by atoms with Gasteiger partial charge in [0.2, 0.25) is 0 Å². The van der Waals surface area contributed by atoms with E-state index >= 15 is 0 Å². The summed E-state index contributed by atoms with van der Waals surface area (Å²) in [5.74, 6) is 0. The van der Waals surface area contributed by atoms with E-state index in [1.165, 1.54) is 12.3 Å². The van der Waals surface area contributed by atoms with Crippen molar-refractivity contribution in [2.75, 3.05) is 5.73 Å². The summed E-state index contributed by atoms with van der Waals surface area (Å²) in [6.07, 6.45) is 1.84. The molecule has 2 aromatic heterocycles. The number of anilines is 1. The van der Waals surface area contributed by atoms with Crippen LogP contribution in [0.3, 0.4) is 0 Å². The first-order valence-corrected chi connectivity index (χ1v) is 4.62. The number of pyridine rings is 2. The van der Waals surface area contributed by atoms with Crippen LogP contribution in [-0.4, -0.2) is 9.97 Å². The Morgan fingerprint density at radius 1 is 1.19 bits per heavy atom. The summed E-state index contributed by atoms with van der Waals surface area (Å²) in [5, 5.41) is 0. The predicted octanol–water partition coefficient (Wildman–Crippen LogP) is 2.66. The maximum Gasteiger partial charge on any atom is 0.280 e. The van der Waals surface area contributed by atoms with Crippen LogP contribution in [0.15, 0.2) is 36.8 Å². The molecule has 0 aliphatic rings. The van der Waals surface area contributed by atoms with Gasteiger partial charge in [-0.3, -0.25) is 9.97 Å². The number of nitrogen functional groups attached to an aromatic ring is 1. The minimum absolute atomic E-state index is 0.263. The molecule has 0 saturated carbocycles. The Morgan fingerprint density at radius 2 is 2.00 bits per heavy atom. The lowest BCUT2D eigenvalue weighted by molar-refractivity contribution is 0.146. The molecule has 0 aromatic carbocycles. The van der Waals surface area contributed by atoms with E-state index in [0.717, 1.165) is 0 Å². The molecule has 0 spiro atoms. The van der Waals surface area contributed by atoms with Crippen LogP contribution in [0.25, 0.3) is 11.1 Å². The van der Waals surface area contributed by atoms with Crippen LogP contribution in [0.2, 0.25) is 0 Å². The number of hydrogen-bond donors (Lipinski definition) is 1. The van der Waals surface area contributed by atoms with E-state index in [4.69, 9.17) is 5.73 Å². The van der Waals surface area contributed by atoms with Crippen molar-refractivity contribution in [2.24, 2.45) is 0 Å². The highest BCUT2D eigenvalue weighted by Crippen LogP contribution is 2.27. The SMILES string of the molecule is Nc1ccncc1-c1ccnc(C(F)F)c1. The molecular formula is C11H9F2N3. The molecule has 3 nitrogen and oxygen atoms in total. The van der Waals surface area contributed by atoms with Crippen molar-refractivity contribution in [1.82, 2.24) is 9.97 Å². The number of aromatic nitrogens is 2. The van der Waals surface area contributed by atoms with E-state index in [9.17, 15) is 8.78 Å². The van der Waals surface area contributed by atoms with Crippen molar-refractivity contribution in [1.29, 1.82) is 0 Å². The van der Waals surface area contributed by atoms with Crippen LogP contribution in [-0.2, 0) is 0 Å². The van der Waals surface area contributed by atoms with Crippen LogP contribution in [0.1, 0.15) is 12.1 Å². The quantitative estimate of drug-likeness (QED) is 0.848. The zero-order valence-corrected chi connectivity index (χ0v) is 8.27. The maximum absolute atomic E-state index is 12.5. The molecular weight excluding hydrogens is 212 g/mol. The monoisotopic (exact) mass is 221 g/mol. The molecule has 0 bridgehead atoms. The Morgan fingerprint density at radius 3 is 2.69 bits per heavy atom. The largest absolute Gasteiger partial charge is 0.398 e. The molecule has 2 rings (SSSR count). The molecule has 2 aromatic rings. The highest BCUT2D eigenvalue weighted by Gasteiger charge is 2.10. The standard InChI is InChI=1S/C11H9F2N3/c12-11(13)10-5-7(1-4-16-10)8-6-15-3-2-9(8)14/h1-6,11H,(H2,14,15). The topological polar surface area (TPSA) is 51.8 Å². The van der Waals surface area contributed by atoms with Gasteiger partial charge in [0, 0.05) is 29.8 Å². The van der Waals surface area contributed by atoms with Crippen LogP contribution >= 0.6 is 0 Å². The van der Waals surface area contributed by atoms with Crippen molar-refractivity contribution in [3.63, 3.8) is 0 Å². The maximum atomic E-state index is 12.5. The number of nitrogens with two attached hydrogens (primary N) is 1. The molecule has 0 amide bonds. The minimum atomic E-state index is -2.59. The number of hydrogen-bond acceptors (Lipinski definition) is 3. The third-order valence-electron chi connectivity index (χ3n) is 2.17. The average molecular weight is 221 g/mol. The molecule has 0 aliphatic carbocycles. The highest BCUT2D eigenvalue weighted by molar-refractivity contribution is 5.75. The number of nitrogens with zero attached hydrogens (tertiary/aromatic N) is 2. The van der Waals surface area contributed by atoms with Crippen LogP contribution < -0.4 is 5.73 Å². The van der Waals surface area contributed by atoms with Gasteiger partial charge < -0.3 is 5.73 Å². The molecule has 0 unspecified atom stereocenters. The summed E-state index contributed by atoms with van der Waals surface area (Å²) in [4.78, 5) is 7.49. The molecule has 16 heavy (non-hydrogen) atoms. The third-order valence-corrected chi connectivity index (χ3v) is 2.17. The summed E-state index contributed by atoms with van der Waals surface area (Å²) in [6.45, 7) is 0. The predicted molar refractivity (Wildman–Crippen MR) is 56.8 cm³/mol. The lowest BCUT2D eigenvalue weighted by Gasteiger charge is -2.06. The van der Waals surface area contributed by atoms with Gasteiger partial charge in [0.05, 0.1) is 0 Å². The van der Waals surface area contributed by atoms with Crippen LogP contribution in [0.5, 0.6) is 0 Å². The van der Waals surface area contributed by atoms with Crippen LogP contribution in [0.4, 0.5) is 14.5 Å². The van der Waals surface area contributed by atoms with E-state index in [-0.39, 0.29) is 5.69 Å². The fourth-order valence-electron chi connectivity index (χ4n) is 1.38. The normalized spacial score (nSPS) is 10.7. The Bertz CT molecular complexity index is 500. The second-order valence-electron chi connectivity index (χ2n) is 3.23. The average Bonchev–Trinajstić information content (AvgIpc) is 2.30. The molecule has 0 saturated heterocycles. The summed E-state index contributed by atoms with van der Waals surface area (Å²) in [7, 11) is 0. The minimum Gasteiger partial charge on any atom is -0.398 e. The molecule has 2 N–H and O–H groups in total. The van der Waals surface area contributed by atoms with Gasteiger partial charge >= 0.3 is 0 Å². The zero-order chi connectivity index (χ0) is 11.5. The molecule has 5 heteroatoms. The van der Waals surface area contributed by atoms with E-state index in [1.54, 1.807) is 24.5 Å². The van der Waals surface area contributed by atoms with Gasteiger partial charge in [-0.05, 0) is 23.8 Å². The van der Waals surface area contributed by atoms with Gasteiger partial charge in [-0.15, -0.1) is 0 Å². The second kappa shape index (κ2) is 4.22. The van der Waals surface area contributed by atoms with Crippen molar-refractivity contribution < 1.29 is 8.78 Å². The summed E-state index contributed by atoms with van der Waals surface area (Å²) < 4.78 is 24.9. The highest BCUT2D eigenvalue weighted by atomic mass is 19.3. The zero-order valence-electron chi connectivity index (χ0n) is 8.27. The van der Waals surface area contributed by atoms with Crippen molar-refractivity contribution in [2.45, 2.75) is 6.43 Å². The van der Waals surface area contributed by atoms with Gasteiger partial charge in [0.1, 0.15) is 5.69 Å². The number of alkyl halides is 2. The van der Waals surface area contributed by atoms with Crippen molar-refractivity contribution in [3.05, 3.63) is 42.5 Å². The first-order chi connectivity index (χ1) is 7.68. The fraction of sp³-hybridized carbons (Fsp3) is 0.0909. The van der Waals surface area contributed by atoms with Crippen molar-refractivity contribution >= 4 is 5.69 Å². The van der Waals surface area contributed by atoms with E-state index < -0.39 is 6.43 Å². The summed E-state index contributed by atoms with van der Waals surface area (Å²) in [5.41, 5.74) is 7.19. The first-order valence-electron chi connectivity index (χ1n) is 4.62. The Balaban J connectivity index is 2.49. The lowest BCUT2D eigenvalue weighted by Crippen LogP contribution is -1.94.